The molecule has 3 rings (SSSR count). The van der Waals surface area contributed by atoms with E-state index in [2.05, 4.69) is 46.9 Å². The minimum absolute atomic E-state index is 0.741. The number of rotatable bonds is 3. The van der Waals surface area contributed by atoms with E-state index in [1.165, 1.54) is 41.6 Å². The van der Waals surface area contributed by atoms with Crippen LogP contribution >= 0.6 is 11.3 Å². The average Bonchev–Trinajstić information content (AvgIpc) is 2.83. The third-order valence-electron chi connectivity index (χ3n) is 3.91. The summed E-state index contributed by atoms with van der Waals surface area (Å²) in [7, 11) is 2.27. The minimum Gasteiger partial charge on any atom is -0.317 e. The van der Waals surface area contributed by atoms with Crippen molar-refractivity contribution >= 4 is 21.4 Å². The van der Waals surface area contributed by atoms with Crippen LogP contribution in [-0.4, -0.2) is 31.1 Å². The Labute approximate surface area is 113 Å². The van der Waals surface area contributed by atoms with Crippen LogP contribution in [0.1, 0.15) is 18.4 Å². The molecule has 0 atom stereocenters. The van der Waals surface area contributed by atoms with Gasteiger partial charge in [-0.15, -0.1) is 11.3 Å². The van der Waals surface area contributed by atoms with Gasteiger partial charge in [0, 0.05) is 17.3 Å². The van der Waals surface area contributed by atoms with Gasteiger partial charge in [0.1, 0.15) is 0 Å². The van der Waals surface area contributed by atoms with E-state index in [0.29, 0.717) is 0 Å². The van der Waals surface area contributed by atoms with Crippen LogP contribution < -0.4 is 5.32 Å². The molecule has 1 fully saturated rings. The SMILES string of the molecule is CN(Cc1csc2ccccc12)C1CCNCC1. The lowest BCUT2D eigenvalue weighted by atomic mass is 10.0. The van der Waals surface area contributed by atoms with Gasteiger partial charge in [0.2, 0.25) is 0 Å². The standard InChI is InChI=1S/C15H20N2S/c1-17(13-6-8-16-9-7-13)10-12-11-18-15-5-3-2-4-14(12)15/h2-5,11,13,16H,6-10H2,1H3. The Morgan fingerprint density at radius 1 is 1.28 bits per heavy atom. The van der Waals surface area contributed by atoms with Crippen LogP contribution in [0, 0.1) is 0 Å². The minimum atomic E-state index is 0.741. The Bertz CT molecular complexity index is 514. The lowest BCUT2D eigenvalue weighted by molar-refractivity contribution is 0.192. The zero-order valence-electron chi connectivity index (χ0n) is 10.9. The molecule has 1 N–H and O–H groups in total. The Morgan fingerprint density at radius 3 is 2.89 bits per heavy atom. The number of hydrogen-bond donors (Lipinski definition) is 1. The predicted molar refractivity (Wildman–Crippen MR) is 79.2 cm³/mol. The third kappa shape index (κ3) is 2.44. The van der Waals surface area contributed by atoms with E-state index in [1.807, 2.05) is 11.3 Å². The summed E-state index contributed by atoms with van der Waals surface area (Å²) in [5.74, 6) is 0. The number of nitrogens with zero attached hydrogens (tertiary/aromatic N) is 1. The Morgan fingerprint density at radius 2 is 2.06 bits per heavy atom. The molecule has 1 aromatic carbocycles. The van der Waals surface area contributed by atoms with Gasteiger partial charge in [-0.25, -0.2) is 0 Å². The Hall–Kier alpha value is -0.900. The molecular weight excluding hydrogens is 240 g/mol. The van der Waals surface area contributed by atoms with Crippen molar-refractivity contribution in [1.29, 1.82) is 0 Å². The number of hydrogen-bond acceptors (Lipinski definition) is 3. The molecule has 0 spiro atoms. The van der Waals surface area contributed by atoms with Gasteiger partial charge in [0.15, 0.2) is 0 Å². The first-order valence-corrected chi connectivity index (χ1v) is 7.58. The molecule has 1 aliphatic heterocycles. The van der Waals surface area contributed by atoms with Gasteiger partial charge in [-0.05, 0) is 55.4 Å². The zero-order chi connectivity index (χ0) is 12.4. The van der Waals surface area contributed by atoms with Gasteiger partial charge in [-0.2, -0.15) is 0 Å². The maximum absolute atomic E-state index is 3.43. The van der Waals surface area contributed by atoms with Gasteiger partial charge < -0.3 is 5.32 Å². The van der Waals surface area contributed by atoms with Gasteiger partial charge >= 0.3 is 0 Å². The fraction of sp³-hybridized carbons (Fsp3) is 0.467. The summed E-state index contributed by atoms with van der Waals surface area (Å²) in [6.07, 6.45) is 2.55. The molecule has 0 unspecified atom stereocenters. The maximum atomic E-state index is 3.43. The molecule has 0 bridgehead atoms. The van der Waals surface area contributed by atoms with Crippen molar-refractivity contribution in [3.63, 3.8) is 0 Å². The van der Waals surface area contributed by atoms with Gasteiger partial charge in [-0.1, -0.05) is 18.2 Å². The van der Waals surface area contributed by atoms with E-state index in [4.69, 9.17) is 0 Å². The Balaban J connectivity index is 1.75. The molecule has 1 aromatic heterocycles. The van der Waals surface area contributed by atoms with E-state index < -0.39 is 0 Å². The van der Waals surface area contributed by atoms with Gasteiger partial charge in [0.05, 0.1) is 0 Å². The second kappa shape index (κ2) is 5.39. The largest absolute Gasteiger partial charge is 0.317 e. The second-order valence-corrected chi connectivity index (χ2v) is 6.06. The van der Waals surface area contributed by atoms with E-state index >= 15 is 0 Å². The number of thiophene rings is 1. The molecule has 1 aliphatic rings. The van der Waals surface area contributed by atoms with Gasteiger partial charge in [-0.3, -0.25) is 4.90 Å². The summed E-state index contributed by atoms with van der Waals surface area (Å²) in [5, 5.41) is 7.19. The van der Waals surface area contributed by atoms with E-state index in [-0.39, 0.29) is 0 Å². The molecule has 2 heterocycles. The van der Waals surface area contributed by atoms with Crippen LogP contribution in [0.15, 0.2) is 29.6 Å². The molecule has 1 saturated heterocycles. The summed E-state index contributed by atoms with van der Waals surface area (Å²) in [6, 6.07) is 9.47. The van der Waals surface area contributed by atoms with Crippen molar-refractivity contribution < 1.29 is 0 Å². The predicted octanol–water partition coefficient (Wildman–Crippen LogP) is 3.09. The van der Waals surface area contributed by atoms with Crippen LogP contribution in [0.3, 0.4) is 0 Å². The molecule has 0 radical (unpaired) electrons. The highest BCUT2D eigenvalue weighted by Crippen LogP contribution is 2.27. The van der Waals surface area contributed by atoms with Crippen molar-refractivity contribution in [1.82, 2.24) is 10.2 Å². The molecule has 0 aliphatic carbocycles. The van der Waals surface area contributed by atoms with Crippen molar-refractivity contribution in [3.05, 3.63) is 35.2 Å². The molecule has 0 amide bonds. The first-order chi connectivity index (χ1) is 8.84. The molecule has 96 valence electrons. The van der Waals surface area contributed by atoms with Crippen molar-refractivity contribution in [2.45, 2.75) is 25.4 Å². The first-order valence-electron chi connectivity index (χ1n) is 6.70. The summed E-state index contributed by atoms with van der Waals surface area (Å²) in [5.41, 5.74) is 1.48. The van der Waals surface area contributed by atoms with Crippen molar-refractivity contribution in [3.8, 4) is 0 Å². The molecular formula is C15H20N2S. The number of piperidine rings is 1. The quantitative estimate of drug-likeness (QED) is 0.912. The summed E-state index contributed by atoms with van der Waals surface area (Å²) in [4.78, 5) is 2.52. The smallest absolute Gasteiger partial charge is 0.0346 e. The van der Waals surface area contributed by atoms with Crippen LogP contribution in [-0.2, 0) is 6.54 Å². The molecule has 2 aromatic rings. The second-order valence-electron chi connectivity index (χ2n) is 5.15. The van der Waals surface area contributed by atoms with E-state index in [9.17, 15) is 0 Å². The highest BCUT2D eigenvalue weighted by molar-refractivity contribution is 7.17. The number of fused-ring (bicyclic) bond motifs is 1. The molecule has 18 heavy (non-hydrogen) atoms. The lowest BCUT2D eigenvalue weighted by Gasteiger charge is -2.31. The summed E-state index contributed by atoms with van der Waals surface area (Å²) >= 11 is 1.86. The lowest BCUT2D eigenvalue weighted by Crippen LogP contribution is -2.40. The zero-order valence-corrected chi connectivity index (χ0v) is 11.7. The van der Waals surface area contributed by atoms with Gasteiger partial charge in [0.25, 0.3) is 0 Å². The Kier molecular flexibility index (Phi) is 3.64. The van der Waals surface area contributed by atoms with Crippen LogP contribution in [0.25, 0.3) is 10.1 Å². The van der Waals surface area contributed by atoms with Crippen LogP contribution in [0.4, 0.5) is 0 Å². The fourth-order valence-corrected chi connectivity index (χ4v) is 3.75. The monoisotopic (exact) mass is 260 g/mol. The number of nitrogens with one attached hydrogen (secondary N) is 1. The van der Waals surface area contributed by atoms with Crippen LogP contribution in [0.5, 0.6) is 0 Å². The van der Waals surface area contributed by atoms with Crippen LogP contribution in [0.2, 0.25) is 0 Å². The molecule has 0 saturated carbocycles. The average molecular weight is 260 g/mol. The number of benzene rings is 1. The molecule has 2 nitrogen and oxygen atoms in total. The highest BCUT2D eigenvalue weighted by atomic mass is 32.1. The highest BCUT2D eigenvalue weighted by Gasteiger charge is 2.18. The fourth-order valence-electron chi connectivity index (χ4n) is 2.80. The molecule has 3 heteroatoms. The third-order valence-corrected chi connectivity index (χ3v) is 4.93. The van der Waals surface area contributed by atoms with Crippen molar-refractivity contribution in [2.75, 3.05) is 20.1 Å². The van der Waals surface area contributed by atoms with E-state index in [1.54, 1.807) is 0 Å². The first kappa shape index (κ1) is 12.2. The topological polar surface area (TPSA) is 15.3 Å². The summed E-state index contributed by atoms with van der Waals surface area (Å²) in [6.45, 7) is 3.41. The maximum Gasteiger partial charge on any atom is 0.0346 e. The normalized spacial score (nSPS) is 17.7. The summed E-state index contributed by atoms with van der Waals surface area (Å²) < 4.78 is 1.41. The van der Waals surface area contributed by atoms with E-state index in [0.717, 1.165) is 12.6 Å². The van der Waals surface area contributed by atoms with Crippen molar-refractivity contribution in [2.24, 2.45) is 0 Å².